The van der Waals surface area contributed by atoms with Gasteiger partial charge >= 0.3 is 0 Å². The van der Waals surface area contributed by atoms with Crippen LogP contribution in [0.25, 0.3) is 45.1 Å². The number of nitrogens with zero attached hydrogens (tertiary/aromatic N) is 3. The molecule has 2 aromatic heterocycles. The van der Waals surface area contributed by atoms with Gasteiger partial charge in [0.15, 0.2) is 11.2 Å². The van der Waals surface area contributed by atoms with Gasteiger partial charge in [0.2, 0.25) is 11.8 Å². The minimum atomic E-state index is -0.300. The van der Waals surface area contributed by atoms with E-state index in [2.05, 4.69) is 4.98 Å². The Labute approximate surface area is 217 Å². The maximum Gasteiger partial charge on any atom is 0.227 e. The summed E-state index contributed by atoms with van der Waals surface area (Å²) < 4.78 is 26.0. The Bertz CT molecular complexity index is 1760. The van der Waals surface area contributed by atoms with E-state index in [1.54, 1.807) is 12.1 Å². The molecule has 7 rings (SSSR count). The van der Waals surface area contributed by atoms with E-state index >= 15 is 0 Å². The number of benzene rings is 5. The van der Waals surface area contributed by atoms with Gasteiger partial charge in [-0.2, -0.15) is 0 Å². The second-order valence-electron chi connectivity index (χ2n) is 8.89. The molecule has 0 unspecified atom stereocenters. The van der Waals surface area contributed by atoms with Gasteiger partial charge in [0.25, 0.3) is 0 Å². The van der Waals surface area contributed by atoms with Crippen molar-refractivity contribution in [3.63, 3.8) is 0 Å². The van der Waals surface area contributed by atoms with Crippen molar-refractivity contribution in [1.82, 2.24) is 9.97 Å². The van der Waals surface area contributed by atoms with Gasteiger partial charge in [-0.1, -0.05) is 36.4 Å². The van der Waals surface area contributed by atoms with Crippen LogP contribution in [0.4, 0.5) is 21.5 Å². The average Bonchev–Trinajstić information content (AvgIpc) is 3.59. The molecule has 0 saturated heterocycles. The van der Waals surface area contributed by atoms with Crippen LogP contribution in [0.15, 0.2) is 130 Å². The molecule has 0 amide bonds. The number of halogens is 1. The lowest BCUT2D eigenvalue weighted by atomic mass is 10.1. The molecule has 0 spiro atoms. The van der Waals surface area contributed by atoms with Crippen molar-refractivity contribution in [2.24, 2.45) is 0 Å². The molecular formula is C32H20FN3O2. The van der Waals surface area contributed by atoms with Gasteiger partial charge in [0.05, 0.1) is 0 Å². The first-order valence-electron chi connectivity index (χ1n) is 12.2. The molecule has 0 aliphatic carbocycles. The average molecular weight is 498 g/mol. The second kappa shape index (κ2) is 9.01. The molecule has 0 fully saturated rings. The summed E-state index contributed by atoms with van der Waals surface area (Å²) in [6.45, 7) is 0. The Kier molecular flexibility index (Phi) is 5.22. The maximum atomic E-state index is 13.8. The Morgan fingerprint density at radius 1 is 0.500 bits per heavy atom. The molecule has 0 aliphatic heterocycles. The van der Waals surface area contributed by atoms with Gasteiger partial charge in [-0.3, -0.25) is 0 Å². The summed E-state index contributed by atoms with van der Waals surface area (Å²) in [7, 11) is 0. The quantitative estimate of drug-likeness (QED) is 0.238. The number of rotatable bonds is 5. The SMILES string of the molecule is Fc1ccc(N(c2ccc3oc(-c4ccccc4)nc3c2)c2ccc3nc(-c4ccccc4)oc3c2)cc1. The van der Waals surface area contributed by atoms with E-state index in [1.165, 1.54) is 12.1 Å². The first-order chi connectivity index (χ1) is 18.7. The molecular weight excluding hydrogens is 477 g/mol. The largest absolute Gasteiger partial charge is 0.436 e. The highest BCUT2D eigenvalue weighted by molar-refractivity contribution is 5.88. The topological polar surface area (TPSA) is 55.3 Å². The third-order valence-electron chi connectivity index (χ3n) is 6.39. The smallest absolute Gasteiger partial charge is 0.227 e. The van der Waals surface area contributed by atoms with Gasteiger partial charge in [-0.25, -0.2) is 14.4 Å². The lowest BCUT2D eigenvalue weighted by Crippen LogP contribution is -2.09. The fraction of sp³-hybridized carbons (Fsp3) is 0. The van der Waals surface area contributed by atoms with Crippen molar-refractivity contribution in [1.29, 1.82) is 0 Å². The van der Waals surface area contributed by atoms with Crippen LogP contribution in [-0.4, -0.2) is 9.97 Å². The molecule has 0 bridgehead atoms. The van der Waals surface area contributed by atoms with Crippen LogP contribution < -0.4 is 4.90 Å². The Balaban J connectivity index is 1.35. The number of aromatic nitrogens is 2. The molecule has 38 heavy (non-hydrogen) atoms. The van der Waals surface area contributed by atoms with Crippen molar-refractivity contribution >= 4 is 39.3 Å². The highest BCUT2D eigenvalue weighted by Crippen LogP contribution is 2.38. The number of oxazole rings is 2. The van der Waals surface area contributed by atoms with Crippen LogP contribution >= 0.6 is 0 Å². The minimum absolute atomic E-state index is 0.300. The van der Waals surface area contributed by atoms with E-state index in [9.17, 15) is 4.39 Å². The molecule has 5 aromatic carbocycles. The van der Waals surface area contributed by atoms with Crippen LogP contribution in [0.3, 0.4) is 0 Å². The lowest BCUT2D eigenvalue weighted by molar-refractivity contribution is 0.619. The zero-order chi connectivity index (χ0) is 25.5. The molecule has 0 atom stereocenters. The van der Waals surface area contributed by atoms with Crippen LogP contribution in [0.5, 0.6) is 0 Å². The monoisotopic (exact) mass is 497 g/mol. The molecule has 0 aliphatic rings. The molecule has 0 radical (unpaired) electrons. The van der Waals surface area contributed by atoms with E-state index in [-0.39, 0.29) is 5.82 Å². The van der Waals surface area contributed by atoms with Crippen molar-refractivity contribution < 1.29 is 13.2 Å². The summed E-state index contributed by atoms with van der Waals surface area (Å²) >= 11 is 0. The highest BCUT2D eigenvalue weighted by Gasteiger charge is 2.18. The standard InChI is InChI=1S/C32H20FN3O2/c33-23-11-13-24(14-12-23)36(25-16-18-29-28(19-25)35-32(37-29)22-9-5-2-6-10-22)26-15-17-27-30(20-26)38-31(34-27)21-7-3-1-4-8-21/h1-20H. The van der Waals surface area contributed by atoms with Crippen LogP contribution in [0.2, 0.25) is 0 Å². The minimum Gasteiger partial charge on any atom is -0.436 e. The summed E-state index contributed by atoms with van der Waals surface area (Å²) in [6.07, 6.45) is 0. The first kappa shape index (κ1) is 22.0. The predicted molar refractivity (Wildman–Crippen MR) is 147 cm³/mol. The van der Waals surface area contributed by atoms with Gasteiger partial charge < -0.3 is 13.7 Å². The zero-order valence-corrected chi connectivity index (χ0v) is 20.1. The summed E-state index contributed by atoms with van der Waals surface area (Å²) in [6, 6.07) is 37.7. The predicted octanol–water partition coefficient (Wildman–Crippen LogP) is 8.91. The number of hydrogen-bond donors (Lipinski definition) is 0. The zero-order valence-electron chi connectivity index (χ0n) is 20.1. The highest BCUT2D eigenvalue weighted by atomic mass is 19.1. The van der Waals surface area contributed by atoms with Crippen molar-refractivity contribution in [2.75, 3.05) is 4.90 Å². The van der Waals surface area contributed by atoms with Crippen molar-refractivity contribution in [2.45, 2.75) is 0 Å². The summed E-state index contributed by atoms with van der Waals surface area (Å²) in [4.78, 5) is 11.4. The molecule has 5 nitrogen and oxygen atoms in total. The van der Waals surface area contributed by atoms with Gasteiger partial charge in [0, 0.05) is 34.3 Å². The van der Waals surface area contributed by atoms with Gasteiger partial charge in [-0.05, 0) is 78.9 Å². The van der Waals surface area contributed by atoms with E-state index in [4.69, 9.17) is 13.8 Å². The van der Waals surface area contributed by atoms with Crippen LogP contribution in [-0.2, 0) is 0 Å². The number of anilines is 3. The molecule has 7 aromatic rings. The molecule has 2 heterocycles. The summed E-state index contributed by atoms with van der Waals surface area (Å²) in [5.74, 6) is 0.817. The second-order valence-corrected chi connectivity index (χ2v) is 8.89. The Hall–Kier alpha value is -5.23. The van der Waals surface area contributed by atoms with E-state index in [1.807, 2.05) is 102 Å². The fourth-order valence-electron chi connectivity index (χ4n) is 4.55. The van der Waals surface area contributed by atoms with Gasteiger partial charge in [-0.15, -0.1) is 0 Å². The van der Waals surface area contributed by atoms with Crippen molar-refractivity contribution in [3.8, 4) is 22.9 Å². The Morgan fingerprint density at radius 2 is 1.05 bits per heavy atom. The third kappa shape index (κ3) is 3.98. The molecule has 0 saturated carbocycles. The van der Waals surface area contributed by atoms with Gasteiger partial charge in [0.1, 0.15) is 16.9 Å². The maximum absolute atomic E-state index is 13.8. The third-order valence-corrected chi connectivity index (χ3v) is 6.39. The van der Waals surface area contributed by atoms with Crippen LogP contribution in [0.1, 0.15) is 0 Å². The van der Waals surface area contributed by atoms with E-state index in [0.29, 0.717) is 22.9 Å². The first-order valence-corrected chi connectivity index (χ1v) is 12.2. The summed E-state index contributed by atoms with van der Waals surface area (Å²) in [5.41, 5.74) is 7.11. The number of hydrogen-bond acceptors (Lipinski definition) is 5. The summed E-state index contributed by atoms with van der Waals surface area (Å²) in [5, 5.41) is 0. The molecule has 0 N–H and O–H groups in total. The van der Waals surface area contributed by atoms with Crippen molar-refractivity contribution in [3.05, 3.63) is 127 Å². The normalized spacial score (nSPS) is 11.3. The number of fused-ring (bicyclic) bond motifs is 2. The van der Waals surface area contributed by atoms with E-state index < -0.39 is 0 Å². The molecule has 6 heteroatoms. The lowest BCUT2D eigenvalue weighted by Gasteiger charge is -2.25. The Morgan fingerprint density at radius 3 is 1.74 bits per heavy atom. The molecule has 182 valence electrons. The van der Waals surface area contributed by atoms with E-state index in [0.717, 1.165) is 39.2 Å². The fourth-order valence-corrected chi connectivity index (χ4v) is 4.55. The van der Waals surface area contributed by atoms with Crippen LogP contribution in [0, 0.1) is 5.82 Å².